The number of nitrogens with two attached hydrogens (primary N) is 1. The van der Waals surface area contributed by atoms with Crippen LogP contribution in [0, 0.1) is 0 Å². The predicted octanol–water partition coefficient (Wildman–Crippen LogP) is 3.68. The van der Waals surface area contributed by atoms with Gasteiger partial charge in [-0.3, -0.25) is 19.5 Å². The lowest BCUT2D eigenvalue weighted by Crippen LogP contribution is -2.71. The van der Waals surface area contributed by atoms with Crippen molar-refractivity contribution in [2.75, 3.05) is 18.6 Å². The molecule has 2 amide bonds. The Morgan fingerprint density at radius 1 is 1.09 bits per heavy atom. The lowest BCUT2D eigenvalue weighted by molar-refractivity contribution is -0.154. The molecule has 0 radical (unpaired) electrons. The summed E-state index contributed by atoms with van der Waals surface area (Å²) in [5.41, 5.74) is 9.87. The molecule has 2 aliphatic heterocycles. The third kappa shape index (κ3) is 5.63. The molecule has 1 fully saturated rings. The van der Waals surface area contributed by atoms with Crippen molar-refractivity contribution in [2.24, 2.45) is 5.16 Å². The zero-order chi connectivity index (χ0) is 29.9. The first kappa shape index (κ1) is 28.6. The molecule has 4 heterocycles. The van der Waals surface area contributed by atoms with Crippen molar-refractivity contribution in [1.82, 2.24) is 20.2 Å². The topological polar surface area (TPSA) is 149 Å². The summed E-state index contributed by atoms with van der Waals surface area (Å²) in [6.45, 7) is 0. The van der Waals surface area contributed by atoms with Gasteiger partial charge in [0.2, 0.25) is 0 Å². The van der Waals surface area contributed by atoms with Gasteiger partial charge in [-0.05, 0) is 11.1 Å². The van der Waals surface area contributed by atoms with Crippen LogP contribution in [0.25, 0.3) is 5.57 Å². The number of anilines is 1. The number of oxime groups is 1. The monoisotopic (exact) mass is 632 g/mol. The average molecular weight is 633 g/mol. The number of hydrogen-bond acceptors (Lipinski definition) is 12. The molecule has 6 rings (SSSR count). The van der Waals surface area contributed by atoms with E-state index in [2.05, 4.69) is 20.4 Å². The van der Waals surface area contributed by atoms with E-state index >= 15 is 0 Å². The van der Waals surface area contributed by atoms with Crippen LogP contribution >= 0.6 is 34.4 Å². The number of carbonyl (C=O) groups excluding carboxylic acids is 3. The number of rotatable bonds is 9. The molecule has 43 heavy (non-hydrogen) atoms. The van der Waals surface area contributed by atoms with Gasteiger partial charge in [0.15, 0.2) is 16.9 Å². The number of esters is 1. The molecule has 3 N–H and O–H groups in total. The van der Waals surface area contributed by atoms with Crippen molar-refractivity contribution in [1.29, 1.82) is 0 Å². The van der Waals surface area contributed by atoms with E-state index in [1.165, 1.54) is 35.1 Å². The number of fused-ring (bicyclic) bond motifs is 1. The number of β-lactam (4-membered cyclic amide) rings is 1. The summed E-state index contributed by atoms with van der Waals surface area (Å²) in [4.78, 5) is 56.2. The zero-order valence-electron chi connectivity index (χ0n) is 22.6. The molecule has 0 bridgehead atoms. The Hall–Kier alpha value is -4.53. The molecule has 0 unspecified atom stereocenters. The van der Waals surface area contributed by atoms with Gasteiger partial charge in [-0.15, -0.1) is 34.4 Å². The second-order valence-electron chi connectivity index (χ2n) is 9.35. The highest BCUT2D eigenvalue weighted by molar-refractivity contribution is 8.00. The molecule has 1 saturated heterocycles. The summed E-state index contributed by atoms with van der Waals surface area (Å²) >= 11 is 3.94. The van der Waals surface area contributed by atoms with Gasteiger partial charge < -0.3 is 20.6 Å². The van der Waals surface area contributed by atoms with Crippen LogP contribution in [-0.2, 0) is 24.0 Å². The second kappa shape index (κ2) is 12.4. The Bertz CT molecular complexity index is 1670. The fourth-order valence-corrected chi connectivity index (χ4v) is 7.48. The van der Waals surface area contributed by atoms with Crippen LogP contribution in [0.4, 0.5) is 5.13 Å². The van der Waals surface area contributed by atoms with Gasteiger partial charge >= 0.3 is 5.97 Å². The van der Waals surface area contributed by atoms with Crippen LogP contribution in [0.3, 0.4) is 0 Å². The Balaban J connectivity index is 1.30. The molecule has 11 nitrogen and oxygen atoms in total. The van der Waals surface area contributed by atoms with Crippen LogP contribution in [0.15, 0.2) is 88.6 Å². The normalized spacial score (nSPS) is 18.2. The van der Waals surface area contributed by atoms with E-state index in [0.29, 0.717) is 11.3 Å². The number of aromatic nitrogens is 2. The average Bonchev–Trinajstić information content (AvgIpc) is 3.73. The lowest BCUT2D eigenvalue weighted by Gasteiger charge is -2.49. The first-order valence-electron chi connectivity index (χ1n) is 13.0. The fraction of sp³-hybridized carbons (Fsp3) is 0.172. The van der Waals surface area contributed by atoms with E-state index in [1.54, 1.807) is 17.1 Å². The van der Waals surface area contributed by atoms with Crippen LogP contribution < -0.4 is 11.1 Å². The molecule has 2 atom stereocenters. The number of carbonyl (C=O) groups is 3. The Labute approximate surface area is 258 Å². The molecule has 0 saturated carbocycles. The molecule has 2 aromatic carbocycles. The summed E-state index contributed by atoms with van der Waals surface area (Å²) in [6.07, 6.45) is 0.958. The van der Waals surface area contributed by atoms with Crippen molar-refractivity contribution in [3.63, 3.8) is 0 Å². The number of benzene rings is 2. The largest absolute Gasteiger partial charge is 0.448 e. The molecule has 0 spiro atoms. The molecular weight excluding hydrogens is 609 g/mol. The van der Waals surface area contributed by atoms with Gasteiger partial charge in [-0.2, -0.15) is 0 Å². The number of thioether (sulfide) groups is 1. The lowest BCUT2D eigenvalue weighted by atomic mass is 10.00. The predicted molar refractivity (Wildman–Crippen MR) is 165 cm³/mol. The van der Waals surface area contributed by atoms with Crippen LogP contribution in [0.1, 0.15) is 27.8 Å². The smallest absolute Gasteiger partial charge is 0.356 e. The van der Waals surface area contributed by atoms with E-state index in [9.17, 15) is 14.4 Å². The zero-order valence-corrected chi connectivity index (χ0v) is 25.0. The Morgan fingerprint density at radius 2 is 1.79 bits per heavy atom. The molecular formula is C29H24N6O5S3. The maximum atomic E-state index is 14.1. The van der Waals surface area contributed by atoms with Gasteiger partial charge in [0.05, 0.1) is 10.4 Å². The third-order valence-corrected chi connectivity index (χ3v) is 9.56. The highest BCUT2D eigenvalue weighted by Crippen LogP contribution is 2.45. The highest BCUT2D eigenvalue weighted by atomic mass is 32.2. The van der Waals surface area contributed by atoms with E-state index in [-0.39, 0.29) is 22.2 Å². The van der Waals surface area contributed by atoms with Crippen LogP contribution in [0.5, 0.6) is 0 Å². The van der Waals surface area contributed by atoms with Gasteiger partial charge in [0.25, 0.3) is 11.8 Å². The van der Waals surface area contributed by atoms with Crippen molar-refractivity contribution in [3.05, 3.63) is 105 Å². The maximum Gasteiger partial charge on any atom is 0.356 e. The summed E-state index contributed by atoms with van der Waals surface area (Å²) in [6, 6.07) is 17.9. The molecule has 2 aliphatic rings. The van der Waals surface area contributed by atoms with Gasteiger partial charge in [-0.1, -0.05) is 65.8 Å². The number of thiazole rings is 2. The van der Waals surface area contributed by atoms with Crippen molar-refractivity contribution < 1.29 is 24.0 Å². The third-order valence-electron chi connectivity index (χ3n) is 6.77. The number of amides is 2. The molecule has 14 heteroatoms. The van der Waals surface area contributed by atoms with Gasteiger partial charge in [0, 0.05) is 22.9 Å². The van der Waals surface area contributed by atoms with E-state index in [0.717, 1.165) is 27.3 Å². The maximum absolute atomic E-state index is 14.1. The molecule has 2 aromatic heterocycles. The number of hydrogen-bond donors (Lipinski definition) is 2. The molecule has 4 aromatic rings. The van der Waals surface area contributed by atoms with Crippen molar-refractivity contribution in [2.45, 2.75) is 17.5 Å². The minimum Gasteiger partial charge on any atom is -0.448 e. The van der Waals surface area contributed by atoms with E-state index in [4.69, 9.17) is 15.3 Å². The van der Waals surface area contributed by atoms with E-state index < -0.39 is 35.3 Å². The minimum absolute atomic E-state index is 0.114. The fourth-order valence-electron chi connectivity index (χ4n) is 4.81. The Kier molecular flexibility index (Phi) is 8.22. The first-order valence-corrected chi connectivity index (χ1v) is 15.8. The summed E-state index contributed by atoms with van der Waals surface area (Å²) in [5.74, 6) is -1.36. The minimum atomic E-state index is -0.916. The number of nitrogens with one attached hydrogen (secondary N) is 1. The van der Waals surface area contributed by atoms with Crippen molar-refractivity contribution >= 4 is 68.6 Å². The first-order chi connectivity index (χ1) is 21.0. The number of nitrogens with zero attached hydrogens (tertiary/aromatic N) is 4. The van der Waals surface area contributed by atoms with Crippen LogP contribution in [-0.4, -0.2) is 62.6 Å². The standard InChI is InChI=1S/C29H24N6O5S3/c1-39-34-21(19-14-42-29(30)32-19)25(36)33-22-26(37)35-23(18(13-41-27(22)35)20-12-31-15-43-20)28(38)40-24(16-8-4-2-5-9-16)17-10-6-3-7-11-17/h2-12,14-15,22,24,27H,13H2,1H3,(H2,30,32)(H,33,36)/b34-21-/t22-,27-/m1/s1. The quantitative estimate of drug-likeness (QED) is 0.122. The summed E-state index contributed by atoms with van der Waals surface area (Å²) in [5, 5.41) is 7.82. The van der Waals surface area contributed by atoms with Crippen LogP contribution in [0.2, 0.25) is 0 Å². The van der Waals surface area contributed by atoms with Crippen molar-refractivity contribution in [3.8, 4) is 0 Å². The second-order valence-corrected chi connectivity index (χ2v) is 12.2. The highest BCUT2D eigenvalue weighted by Gasteiger charge is 2.55. The number of ether oxygens (including phenoxy) is 1. The van der Waals surface area contributed by atoms with Gasteiger partial charge in [-0.25, -0.2) is 9.78 Å². The summed E-state index contributed by atoms with van der Waals surface area (Å²) in [7, 11) is 1.30. The molecule has 218 valence electrons. The van der Waals surface area contributed by atoms with Gasteiger partial charge in [0.1, 0.15) is 29.9 Å². The molecule has 0 aliphatic carbocycles. The summed E-state index contributed by atoms with van der Waals surface area (Å²) < 4.78 is 6.18. The number of nitrogen functional groups attached to an aromatic ring is 1. The SMILES string of the molecule is CO/N=C(\C(=O)N[C@@H]1C(=O)N2C(C(=O)OC(c3ccccc3)c3ccccc3)=C(c3cncs3)CS[C@H]12)c1csc(N)n1. The Morgan fingerprint density at radius 3 is 2.37 bits per heavy atom. The van der Waals surface area contributed by atoms with E-state index in [1.807, 2.05) is 60.7 Å².